The molecule has 5 N–H and O–H groups in total. The fourth-order valence-electron chi connectivity index (χ4n) is 1.53. The van der Waals surface area contributed by atoms with Crippen molar-refractivity contribution in [1.82, 2.24) is 5.32 Å². The summed E-state index contributed by atoms with van der Waals surface area (Å²) in [6.07, 6.45) is -1.09. The van der Waals surface area contributed by atoms with E-state index >= 15 is 0 Å². The Labute approximate surface area is 125 Å². The van der Waals surface area contributed by atoms with Crippen LogP contribution in [0.3, 0.4) is 0 Å². The van der Waals surface area contributed by atoms with Crippen LogP contribution in [-0.2, 0) is 19.2 Å². The van der Waals surface area contributed by atoms with Gasteiger partial charge in [-0.2, -0.15) is 0 Å². The molecule has 0 aliphatic rings. The van der Waals surface area contributed by atoms with Gasteiger partial charge in [0.05, 0.1) is 12.8 Å². The van der Waals surface area contributed by atoms with E-state index in [4.69, 9.17) is 20.4 Å². The van der Waals surface area contributed by atoms with Gasteiger partial charge in [-0.3, -0.25) is 19.4 Å². The van der Waals surface area contributed by atoms with Crippen LogP contribution in [0.25, 0.3) is 0 Å². The summed E-state index contributed by atoms with van der Waals surface area (Å²) in [6, 6.07) is -2.67. The molecule has 0 spiro atoms. The van der Waals surface area contributed by atoms with Crippen molar-refractivity contribution in [2.45, 2.75) is 38.3 Å². The van der Waals surface area contributed by atoms with E-state index in [1.54, 1.807) is 0 Å². The fourth-order valence-corrected chi connectivity index (χ4v) is 1.53. The highest BCUT2D eigenvalue weighted by Gasteiger charge is 2.21. The van der Waals surface area contributed by atoms with Crippen molar-refractivity contribution in [2.75, 3.05) is 6.54 Å². The average Bonchev–Trinajstić information content (AvgIpc) is 2.35. The van der Waals surface area contributed by atoms with Crippen molar-refractivity contribution in [3.63, 3.8) is 0 Å². The molecule has 124 valence electrons. The summed E-state index contributed by atoms with van der Waals surface area (Å²) in [7, 11) is 0. The lowest BCUT2D eigenvalue weighted by Gasteiger charge is -2.12. The molecule has 0 heterocycles. The van der Waals surface area contributed by atoms with E-state index in [0.717, 1.165) is 0 Å². The number of hydrogen-bond acceptors (Lipinski definition) is 6. The highest BCUT2D eigenvalue weighted by Crippen LogP contribution is 2.02. The molecule has 0 rings (SSSR count). The molecule has 0 aliphatic carbocycles. The molecule has 10 nitrogen and oxygen atoms in total. The predicted molar refractivity (Wildman–Crippen MR) is 73.1 cm³/mol. The van der Waals surface area contributed by atoms with Crippen LogP contribution in [0.5, 0.6) is 0 Å². The maximum absolute atomic E-state index is 10.8. The second-order valence-corrected chi connectivity index (χ2v) is 4.51. The number of nitrogens with zero attached hydrogens (tertiary/aromatic N) is 1. The second kappa shape index (κ2) is 9.45. The zero-order chi connectivity index (χ0) is 17.3. The number of hydrogen-bond donors (Lipinski definition) is 5. The molecule has 0 bridgehead atoms. The number of carboxylic acids is 4. The quantitative estimate of drug-likeness (QED) is 0.308. The monoisotopic (exact) mass is 318 g/mol. The molecule has 0 saturated heterocycles. The van der Waals surface area contributed by atoms with Crippen molar-refractivity contribution in [3.05, 3.63) is 0 Å². The highest BCUT2D eigenvalue weighted by atomic mass is 16.4. The maximum Gasteiger partial charge on any atom is 0.329 e. The van der Waals surface area contributed by atoms with Crippen molar-refractivity contribution in [2.24, 2.45) is 4.99 Å². The van der Waals surface area contributed by atoms with Crippen LogP contribution in [0.15, 0.2) is 4.99 Å². The van der Waals surface area contributed by atoms with Gasteiger partial charge in [-0.05, 0) is 13.3 Å². The van der Waals surface area contributed by atoms with Gasteiger partial charge >= 0.3 is 23.9 Å². The van der Waals surface area contributed by atoms with Gasteiger partial charge < -0.3 is 25.7 Å². The van der Waals surface area contributed by atoms with E-state index in [2.05, 4.69) is 10.3 Å². The zero-order valence-electron chi connectivity index (χ0n) is 11.9. The number of carbonyl (C=O) groups is 4. The zero-order valence-corrected chi connectivity index (χ0v) is 11.9. The molecule has 0 saturated carbocycles. The third-order valence-electron chi connectivity index (χ3n) is 2.58. The Morgan fingerprint density at radius 3 is 1.91 bits per heavy atom. The third-order valence-corrected chi connectivity index (χ3v) is 2.58. The highest BCUT2D eigenvalue weighted by molar-refractivity contribution is 5.88. The van der Waals surface area contributed by atoms with Crippen molar-refractivity contribution >= 4 is 29.6 Å². The van der Waals surface area contributed by atoms with Gasteiger partial charge in [-0.25, -0.2) is 4.79 Å². The fraction of sp³-hybridized carbons (Fsp3) is 0.583. The Kier molecular flexibility index (Phi) is 8.38. The smallest absolute Gasteiger partial charge is 0.329 e. The van der Waals surface area contributed by atoms with Crippen LogP contribution >= 0.6 is 0 Å². The summed E-state index contributed by atoms with van der Waals surface area (Å²) in [5, 5.41) is 37.3. The second-order valence-electron chi connectivity index (χ2n) is 4.51. The molecule has 10 heteroatoms. The SMILES string of the molecule is CC(CCNC(CC(=O)O)C(=O)O)=NC(CC(=O)O)C(=O)O. The van der Waals surface area contributed by atoms with E-state index < -0.39 is 48.8 Å². The lowest BCUT2D eigenvalue weighted by atomic mass is 10.2. The lowest BCUT2D eigenvalue weighted by molar-refractivity contribution is -0.145. The maximum atomic E-state index is 10.8. The standard InChI is InChI=1S/C12H18N2O8/c1-6(14-8(12(21)22)5-10(17)18)2-3-13-7(11(19)20)4-9(15)16/h7-8,13H,2-5H2,1H3,(H,15,16)(H,17,18)(H,19,20)(H,21,22). The van der Waals surface area contributed by atoms with Crippen LogP contribution in [0, 0.1) is 0 Å². The summed E-state index contributed by atoms with van der Waals surface area (Å²) in [5.41, 5.74) is 0.320. The van der Waals surface area contributed by atoms with Crippen LogP contribution in [0.4, 0.5) is 0 Å². The van der Waals surface area contributed by atoms with Gasteiger partial charge in [0.25, 0.3) is 0 Å². The normalized spacial score (nSPS) is 14.1. The molecule has 0 amide bonds. The van der Waals surface area contributed by atoms with E-state index in [1.165, 1.54) is 6.92 Å². The number of rotatable bonds is 11. The first-order chi connectivity index (χ1) is 10.1. The summed E-state index contributed by atoms with van der Waals surface area (Å²) in [4.78, 5) is 46.4. The Morgan fingerprint density at radius 2 is 1.50 bits per heavy atom. The Morgan fingerprint density at radius 1 is 0.955 bits per heavy atom. The predicted octanol–water partition coefficient (Wildman–Crippen LogP) is -0.717. The molecule has 0 aromatic heterocycles. The van der Waals surface area contributed by atoms with Crippen molar-refractivity contribution in [1.29, 1.82) is 0 Å². The average molecular weight is 318 g/mol. The molecule has 0 fully saturated rings. The Hall–Kier alpha value is -2.49. The first-order valence-electron chi connectivity index (χ1n) is 6.29. The Balaban J connectivity index is 4.51. The van der Waals surface area contributed by atoms with Gasteiger partial charge in [0.15, 0.2) is 6.04 Å². The molecule has 0 aromatic rings. The van der Waals surface area contributed by atoms with E-state index in [1.807, 2.05) is 0 Å². The molecule has 2 unspecified atom stereocenters. The summed E-state index contributed by atoms with van der Waals surface area (Å²) < 4.78 is 0. The van der Waals surface area contributed by atoms with Gasteiger partial charge in [-0.15, -0.1) is 0 Å². The van der Waals surface area contributed by atoms with Crippen molar-refractivity contribution in [3.8, 4) is 0 Å². The van der Waals surface area contributed by atoms with Crippen LogP contribution in [0.2, 0.25) is 0 Å². The minimum atomic E-state index is -1.41. The molecular formula is C12H18N2O8. The first kappa shape index (κ1) is 19.5. The molecule has 2 atom stereocenters. The topological polar surface area (TPSA) is 174 Å². The third kappa shape index (κ3) is 8.64. The number of aliphatic carboxylic acids is 4. The molecule has 0 aliphatic heterocycles. The number of carboxylic acid groups (broad SMARTS) is 4. The first-order valence-corrected chi connectivity index (χ1v) is 6.29. The van der Waals surface area contributed by atoms with Gasteiger partial charge in [-0.1, -0.05) is 0 Å². The van der Waals surface area contributed by atoms with E-state index in [9.17, 15) is 19.2 Å². The number of nitrogens with one attached hydrogen (secondary N) is 1. The van der Waals surface area contributed by atoms with Crippen LogP contribution in [0.1, 0.15) is 26.2 Å². The summed E-state index contributed by atoms with van der Waals surface area (Å²) in [5.74, 6) is -5.25. The van der Waals surface area contributed by atoms with Crippen LogP contribution in [-0.4, -0.2) is 68.6 Å². The van der Waals surface area contributed by atoms with Crippen molar-refractivity contribution < 1.29 is 39.6 Å². The van der Waals surface area contributed by atoms with Crippen LogP contribution < -0.4 is 5.32 Å². The largest absolute Gasteiger partial charge is 0.481 e. The van der Waals surface area contributed by atoms with E-state index in [-0.39, 0.29) is 13.0 Å². The summed E-state index contributed by atoms with van der Waals surface area (Å²) >= 11 is 0. The van der Waals surface area contributed by atoms with E-state index in [0.29, 0.717) is 5.71 Å². The molecule has 0 radical (unpaired) electrons. The number of aliphatic imine (C=N–C) groups is 1. The molecule has 0 aromatic carbocycles. The minimum absolute atomic E-state index is 0.0684. The summed E-state index contributed by atoms with van der Waals surface area (Å²) in [6.45, 7) is 1.55. The van der Waals surface area contributed by atoms with Gasteiger partial charge in [0, 0.05) is 12.3 Å². The minimum Gasteiger partial charge on any atom is -0.481 e. The lowest BCUT2D eigenvalue weighted by Crippen LogP contribution is -2.39. The Bertz CT molecular complexity index is 474. The molecular weight excluding hydrogens is 300 g/mol. The van der Waals surface area contributed by atoms with Gasteiger partial charge in [0.2, 0.25) is 0 Å². The molecule has 22 heavy (non-hydrogen) atoms. The van der Waals surface area contributed by atoms with Gasteiger partial charge in [0.1, 0.15) is 6.04 Å².